The molecule has 1 aliphatic heterocycles. The molecule has 0 saturated carbocycles. The van der Waals surface area contributed by atoms with Crippen molar-refractivity contribution in [2.75, 3.05) is 20.1 Å². The van der Waals surface area contributed by atoms with Gasteiger partial charge in [-0.25, -0.2) is 4.39 Å². The van der Waals surface area contributed by atoms with Crippen LogP contribution in [-0.2, 0) is 0 Å². The van der Waals surface area contributed by atoms with Gasteiger partial charge in [-0.1, -0.05) is 0 Å². The highest BCUT2D eigenvalue weighted by Crippen LogP contribution is 2.40. The number of carbonyl (C=O) groups excluding carboxylic acids is 1. The minimum atomic E-state index is -0.231. The van der Waals surface area contributed by atoms with Gasteiger partial charge in [0, 0.05) is 24.4 Å². The zero-order chi connectivity index (χ0) is 12.0. The van der Waals surface area contributed by atoms with Crippen molar-refractivity contribution < 1.29 is 9.18 Å². The summed E-state index contributed by atoms with van der Waals surface area (Å²) in [4.78, 5) is 14.3. The van der Waals surface area contributed by atoms with E-state index in [-0.39, 0.29) is 11.6 Å². The van der Waals surface area contributed by atoms with E-state index in [4.69, 9.17) is 0 Å². The Kier molecular flexibility index (Phi) is 2.51. The fourth-order valence-electron chi connectivity index (χ4n) is 3.20. The zero-order valence-corrected chi connectivity index (χ0v) is 9.95. The normalized spacial score (nSPS) is 28.7. The Bertz CT molecular complexity index is 471. The van der Waals surface area contributed by atoms with Gasteiger partial charge in [0.25, 0.3) is 0 Å². The number of likely N-dealkylation sites (tertiary alicyclic amines) is 1. The van der Waals surface area contributed by atoms with Crippen LogP contribution in [0.3, 0.4) is 0 Å². The molecule has 0 bridgehead atoms. The third-order valence-corrected chi connectivity index (χ3v) is 4.12. The monoisotopic (exact) mass is 233 g/mol. The van der Waals surface area contributed by atoms with Gasteiger partial charge in [-0.3, -0.25) is 4.79 Å². The molecular formula is C14H16FNO. The number of ketones is 1. The molecule has 0 unspecified atom stereocenters. The first-order chi connectivity index (χ1) is 8.15. The number of halogens is 1. The highest BCUT2D eigenvalue weighted by atomic mass is 19.1. The van der Waals surface area contributed by atoms with E-state index in [2.05, 4.69) is 11.9 Å². The van der Waals surface area contributed by atoms with Crippen LogP contribution in [0, 0.1) is 11.7 Å². The van der Waals surface area contributed by atoms with E-state index < -0.39 is 0 Å². The van der Waals surface area contributed by atoms with Crippen LogP contribution >= 0.6 is 0 Å². The molecule has 1 fully saturated rings. The molecule has 1 aliphatic carbocycles. The van der Waals surface area contributed by atoms with Gasteiger partial charge in [-0.15, -0.1) is 0 Å². The summed E-state index contributed by atoms with van der Waals surface area (Å²) in [5.74, 6) is 0.696. The average Bonchev–Trinajstić information content (AvgIpc) is 2.30. The molecule has 17 heavy (non-hydrogen) atoms. The van der Waals surface area contributed by atoms with Crippen molar-refractivity contribution in [2.45, 2.75) is 18.8 Å². The molecule has 0 N–H and O–H groups in total. The van der Waals surface area contributed by atoms with E-state index in [0.29, 0.717) is 18.3 Å². The predicted molar refractivity (Wildman–Crippen MR) is 63.7 cm³/mol. The van der Waals surface area contributed by atoms with Gasteiger partial charge in [0.15, 0.2) is 5.78 Å². The minimum absolute atomic E-state index is 0.186. The largest absolute Gasteiger partial charge is 0.306 e. The number of likely N-dealkylation sites (N-methyl/N-ethyl adjacent to an activating group) is 1. The van der Waals surface area contributed by atoms with Crippen LogP contribution in [0.5, 0.6) is 0 Å². The van der Waals surface area contributed by atoms with E-state index in [0.717, 1.165) is 30.6 Å². The molecule has 3 heteroatoms. The maximum atomic E-state index is 13.4. The number of piperidine rings is 1. The SMILES string of the molecule is CN1CC[C@@H]2CC(=O)c3ccc(F)cc3[C@H]2C1. The Morgan fingerprint density at radius 3 is 3.06 bits per heavy atom. The number of carbonyl (C=O) groups is 1. The minimum Gasteiger partial charge on any atom is -0.306 e. The van der Waals surface area contributed by atoms with Crippen molar-refractivity contribution in [3.8, 4) is 0 Å². The standard InChI is InChI=1S/C14H16FNO/c1-16-5-4-9-6-14(17)11-3-2-10(15)7-12(11)13(9)8-16/h2-3,7,9,13H,4-6,8H2,1H3/t9-,13+/m1/s1. The zero-order valence-electron chi connectivity index (χ0n) is 9.95. The van der Waals surface area contributed by atoms with Crippen LogP contribution < -0.4 is 0 Å². The lowest BCUT2D eigenvalue weighted by Gasteiger charge is -2.40. The molecule has 0 aromatic heterocycles. The molecule has 1 aromatic rings. The number of fused-ring (bicyclic) bond motifs is 3. The lowest BCUT2D eigenvalue weighted by molar-refractivity contribution is 0.0887. The van der Waals surface area contributed by atoms with Gasteiger partial charge in [0.2, 0.25) is 0 Å². The molecule has 1 heterocycles. The van der Waals surface area contributed by atoms with Crippen molar-refractivity contribution >= 4 is 5.78 Å². The first-order valence-electron chi connectivity index (χ1n) is 6.16. The van der Waals surface area contributed by atoms with Gasteiger partial charge in [0.05, 0.1) is 0 Å². The summed E-state index contributed by atoms with van der Waals surface area (Å²) in [7, 11) is 2.09. The third-order valence-electron chi connectivity index (χ3n) is 4.12. The number of hydrogen-bond acceptors (Lipinski definition) is 2. The number of benzene rings is 1. The Hall–Kier alpha value is -1.22. The number of nitrogens with zero attached hydrogens (tertiary/aromatic N) is 1. The first kappa shape index (κ1) is 10.9. The lowest BCUT2D eigenvalue weighted by Crippen LogP contribution is -2.40. The van der Waals surface area contributed by atoms with Crippen LogP contribution in [-0.4, -0.2) is 30.8 Å². The Balaban J connectivity index is 2.06. The van der Waals surface area contributed by atoms with Crippen molar-refractivity contribution in [3.63, 3.8) is 0 Å². The summed E-state index contributed by atoms with van der Waals surface area (Å²) in [5.41, 5.74) is 1.67. The summed E-state index contributed by atoms with van der Waals surface area (Å²) in [5, 5.41) is 0. The average molecular weight is 233 g/mol. The Labute approximate surface area is 100 Å². The summed E-state index contributed by atoms with van der Waals surface area (Å²) in [6.45, 7) is 1.98. The topological polar surface area (TPSA) is 20.3 Å². The van der Waals surface area contributed by atoms with Gasteiger partial charge < -0.3 is 4.90 Å². The smallest absolute Gasteiger partial charge is 0.163 e. The predicted octanol–water partition coefficient (Wildman–Crippen LogP) is 2.45. The summed E-state index contributed by atoms with van der Waals surface area (Å²) < 4.78 is 13.4. The molecule has 0 amide bonds. The van der Waals surface area contributed by atoms with Gasteiger partial charge in [-0.2, -0.15) is 0 Å². The van der Waals surface area contributed by atoms with E-state index in [1.165, 1.54) is 6.07 Å². The molecular weight excluding hydrogens is 217 g/mol. The van der Waals surface area contributed by atoms with E-state index in [1.807, 2.05) is 0 Å². The summed E-state index contributed by atoms with van der Waals surface area (Å²) in [6, 6.07) is 4.60. The number of Topliss-reactive ketones (excluding diaryl/α,β-unsaturated/α-hetero) is 1. The number of hydrogen-bond donors (Lipinski definition) is 0. The highest BCUT2D eigenvalue weighted by molar-refractivity contribution is 5.99. The van der Waals surface area contributed by atoms with Crippen molar-refractivity contribution in [3.05, 3.63) is 35.1 Å². The van der Waals surface area contributed by atoms with Crippen LogP contribution in [0.15, 0.2) is 18.2 Å². The summed E-state index contributed by atoms with van der Waals surface area (Å²) >= 11 is 0. The van der Waals surface area contributed by atoms with Crippen LogP contribution in [0.1, 0.15) is 34.7 Å². The van der Waals surface area contributed by atoms with Crippen molar-refractivity contribution in [2.24, 2.45) is 5.92 Å². The third kappa shape index (κ3) is 1.78. The first-order valence-corrected chi connectivity index (χ1v) is 6.16. The molecule has 0 spiro atoms. The summed E-state index contributed by atoms with van der Waals surface area (Å²) in [6.07, 6.45) is 1.68. The molecule has 1 saturated heterocycles. The van der Waals surface area contributed by atoms with E-state index in [9.17, 15) is 9.18 Å². The van der Waals surface area contributed by atoms with Gasteiger partial charge >= 0.3 is 0 Å². The number of rotatable bonds is 0. The second-order valence-corrected chi connectivity index (χ2v) is 5.28. The molecule has 1 aromatic carbocycles. The van der Waals surface area contributed by atoms with E-state index >= 15 is 0 Å². The second-order valence-electron chi connectivity index (χ2n) is 5.28. The highest BCUT2D eigenvalue weighted by Gasteiger charge is 2.37. The fourth-order valence-corrected chi connectivity index (χ4v) is 3.20. The molecule has 90 valence electrons. The van der Waals surface area contributed by atoms with Gasteiger partial charge in [0.1, 0.15) is 5.82 Å². The van der Waals surface area contributed by atoms with E-state index in [1.54, 1.807) is 12.1 Å². The van der Waals surface area contributed by atoms with Crippen molar-refractivity contribution in [1.82, 2.24) is 4.90 Å². The molecule has 2 nitrogen and oxygen atoms in total. The second kappa shape index (κ2) is 3.91. The molecule has 2 atom stereocenters. The molecule has 0 radical (unpaired) electrons. The quantitative estimate of drug-likeness (QED) is 0.686. The lowest BCUT2D eigenvalue weighted by atomic mass is 9.71. The maximum Gasteiger partial charge on any atom is 0.163 e. The van der Waals surface area contributed by atoms with Crippen LogP contribution in [0.25, 0.3) is 0 Å². The molecule has 2 aliphatic rings. The molecule has 3 rings (SSSR count). The Morgan fingerprint density at radius 2 is 2.24 bits per heavy atom. The van der Waals surface area contributed by atoms with Crippen LogP contribution in [0.4, 0.5) is 4.39 Å². The maximum absolute atomic E-state index is 13.4. The Morgan fingerprint density at radius 1 is 1.41 bits per heavy atom. The van der Waals surface area contributed by atoms with Crippen LogP contribution in [0.2, 0.25) is 0 Å². The van der Waals surface area contributed by atoms with Gasteiger partial charge in [-0.05, 0) is 49.7 Å². The van der Waals surface area contributed by atoms with Crippen molar-refractivity contribution in [1.29, 1.82) is 0 Å². The fraction of sp³-hybridized carbons (Fsp3) is 0.500.